The van der Waals surface area contributed by atoms with Gasteiger partial charge in [0, 0.05) is 4.11 Å². The quantitative estimate of drug-likeness (QED) is 0.486. The van der Waals surface area contributed by atoms with Crippen LogP contribution in [0, 0.1) is 13.8 Å². The number of para-hydroxylation sites is 1. The standard InChI is InChI=1S/C11H17NO2.C2H2O4/c1-8-5-4-6-9(2)11(8)14-7-10(3)12-13;3-1(4)2(5)6/h4-6,10,12-13H,7H2,1-3H3;(H,3,4)(H,5,6)/i3D3,7D2,10D;. The van der Waals surface area contributed by atoms with Gasteiger partial charge in [0.2, 0.25) is 0 Å². The van der Waals surface area contributed by atoms with Gasteiger partial charge >= 0.3 is 11.9 Å². The molecular formula is C13H19NO6. The molecule has 112 valence electrons. The Hall–Kier alpha value is -2.12. The molecule has 0 saturated heterocycles. The van der Waals surface area contributed by atoms with Crippen molar-refractivity contribution >= 4 is 11.9 Å². The van der Waals surface area contributed by atoms with Crippen LogP contribution >= 0.6 is 0 Å². The van der Waals surface area contributed by atoms with Crippen molar-refractivity contribution in [2.75, 3.05) is 6.56 Å². The lowest BCUT2D eigenvalue weighted by Gasteiger charge is -2.14. The number of carbonyl (C=O) groups is 2. The van der Waals surface area contributed by atoms with Gasteiger partial charge in [-0.05, 0) is 31.8 Å². The highest BCUT2D eigenvalue weighted by Crippen LogP contribution is 2.22. The van der Waals surface area contributed by atoms with Gasteiger partial charge in [-0.15, -0.1) is 0 Å². The third-order valence-corrected chi connectivity index (χ3v) is 1.96. The van der Waals surface area contributed by atoms with E-state index in [1.807, 2.05) is 0 Å². The lowest BCUT2D eigenvalue weighted by Crippen LogP contribution is -2.28. The average molecular weight is 291 g/mol. The van der Waals surface area contributed by atoms with Gasteiger partial charge < -0.3 is 20.2 Å². The van der Waals surface area contributed by atoms with Gasteiger partial charge in [0.25, 0.3) is 0 Å². The molecular weight excluding hydrogens is 266 g/mol. The van der Waals surface area contributed by atoms with Gasteiger partial charge in [0.05, 0.1) is 10.1 Å². The van der Waals surface area contributed by atoms with Crippen LogP contribution in [-0.2, 0) is 9.59 Å². The van der Waals surface area contributed by atoms with E-state index in [-0.39, 0.29) is 5.75 Å². The SMILES string of the molecule is O=C(O)C(=O)O.[2H]C([2H])([2H])C([2H])(NO)C([2H])([2H])Oc1c(C)cccc1C. The second-order valence-corrected chi connectivity index (χ2v) is 3.52. The van der Waals surface area contributed by atoms with Gasteiger partial charge in [-0.25, -0.2) is 9.59 Å². The van der Waals surface area contributed by atoms with Crippen LogP contribution in [0.15, 0.2) is 18.2 Å². The number of aliphatic carboxylic acids is 2. The number of rotatable bonds is 4. The molecule has 20 heavy (non-hydrogen) atoms. The number of carboxylic acids is 2. The van der Waals surface area contributed by atoms with Crippen molar-refractivity contribution in [3.05, 3.63) is 29.3 Å². The Morgan fingerprint density at radius 1 is 1.40 bits per heavy atom. The maximum atomic E-state index is 9.10. The van der Waals surface area contributed by atoms with E-state index in [4.69, 9.17) is 38.0 Å². The normalized spacial score (nSPS) is 18.4. The zero-order valence-electron chi connectivity index (χ0n) is 16.8. The summed E-state index contributed by atoms with van der Waals surface area (Å²) in [7, 11) is 0. The smallest absolute Gasteiger partial charge is 0.414 e. The maximum Gasteiger partial charge on any atom is 0.414 e. The predicted molar refractivity (Wildman–Crippen MR) is 71.1 cm³/mol. The molecule has 1 atom stereocenters. The first kappa shape index (κ1) is 9.73. The Morgan fingerprint density at radius 3 is 2.25 bits per heavy atom. The summed E-state index contributed by atoms with van der Waals surface area (Å²) in [6.07, 6.45) is 0. The topological polar surface area (TPSA) is 116 Å². The highest BCUT2D eigenvalue weighted by molar-refractivity contribution is 6.27. The number of hydroxylamine groups is 1. The maximum absolute atomic E-state index is 9.10. The molecule has 7 heteroatoms. The minimum atomic E-state index is -3.14. The van der Waals surface area contributed by atoms with E-state index in [1.54, 1.807) is 32.0 Å². The van der Waals surface area contributed by atoms with Crippen LogP contribution in [0.3, 0.4) is 0 Å². The number of hydrogen-bond acceptors (Lipinski definition) is 5. The van der Waals surface area contributed by atoms with Crippen LogP contribution in [0.4, 0.5) is 0 Å². The summed E-state index contributed by atoms with van der Waals surface area (Å²) >= 11 is 0. The Kier molecular flexibility index (Phi) is 4.33. The summed E-state index contributed by atoms with van der Waals surface area (Å²) in [4.78, 5) is 18.2. The van der Waals surface area contributed by atoms with Crippen LogP contribution in [-0.4, -0.2) is 39.9 Å². The van der Waals surface area contributed by atoms with Crippen molar-refractivity contribution in [1.29, 1.82) is 0 Å². The fourth-order valence-electron chi connectivity index (χ4n) is 1.09. The van der Waals surface area contributed by atoms with E-state index in [1.165, 1.54) is 5.48 Å². The monoisotopic (exact) mass is 291 g/mol. The summed E-state index contributed by atoms with van der Waals surface area (Å²) < 4.78 is 49.9. The van der Waals surface area contributed by atoms with E-state index in [9.17, 15) is 0 Å². The molecule has 1 rings (SSSR count). The van der Waals surface area contributed by atoms with E-state index in [0.29, 0.717) is 11.1 Å². The second-order valence-electron chi connectivity index (χ2n) is 3.52. The summed E-state index contributed by atoms with van der Waals surface area (Å²) in [6, 6.07) is 2.07. The summed E-state index contributed by atoms with van der Waals surface area (Å²) in [5, 5.41) is 23.7. The fourth-order valence-corrected chi connectivity index (χ4v) is 1.09. The van der Waals surface area contributed by atoms with Gasteiger partial charge in [0.1, 0.15) is 12.3 Å². The van der Waals surface area contributed by atoms with Crippen molar-refractivity contribution < 1.29 is 38.0 Å². The predicted octanol–water partition coefficient (Wildman–Crippen LogP) is 1.21. The lowest BCUT2D eigenvalue weighted by atomic mass is 10.1. The van der Waals surface area contributed by atoms with Crippen LogP contribution in [0.25, 0.3) is 0 Å². The number of aryl methyl sites for hydroxylation is 2. The first-order valence-electron chi connectivity index (χ1n) is 8.23. The van der Waals surface area contributed by atoms with Crippen molar-refractivity contribution in [2.45, 2.75) is 26.7 Å². The number of carboxylic acid groups (broad SMARTS) is 2. The number of benzene rings is 1. The number of ether oxygens (including phenoxy) is 1. The fraction of sp³-hybridized carbons (Fsp3) is 0.385. The zero-order valence-corrected chi connectivity index (χ0v) is 10.8. The lowest BCUT2D eigenvalue weighted by molar-refractivity contribution is -0.159. The number of hydrogen-bond donors (Lipinski definition) is 4. The van der Waals surface area contributed by atoms with Crippen molar-refractivity contribution in [3.63, 3.8) is 0 Å². The molecule has 0 bridgehead atoms. The van der Waals surface area contributed by atoms with Gasteiger partial charge in [-0.2, -0.15) is 5.48 Å². The molecule has 1 aromatic carbocycles. The molecule has 0 aliphatic heterocycles. The van der Waals surface area contributed by atoms with Gasteiger partial charge in [-0.1, -0.05) is 18.2 Å². The summed E-state index contributed by atoms with van der Waals surface area (Å²) in [6.45, 7) is -2.77. The van der Waals surface area contributed by atoms with Crippen LogP contribution in [0.5, 0.6) is 5.75 Å². The van der Waals surface area contributed by atoms with Crippen molar-refractivity contribution in [1.82, 2.24) is 5.48 Å². The average Bonchev–Trinajstić information content (AvgIpc) is 2.49. The minimum absolute atomic E-state index is 0.147. The van der Waals surface area contributed by atoms with Crippen LogP contribution in [0.2, 0.25) is 0 Å². The zero-order chi connectivity index (χ0) is 20.9. The molecule has 0 aliphatic rings. The molecule has 0 saturated carbocycles. The van der Waals surface area contributed by atoms with Crippen molar-refractivity contribution in [3.8, 4) is 5.75 Å². The summed E-state index contributed by atoms with van der Waals surface area (Å²) in [5.41, 5.74) is 2.42. The molecule has 0 spiro atoms. The third-order valence-electron chi connectivity index (χ3n) is 1.96. The third kappa shape index (κ3) is 6.72. The first-order chi connectivity index (χ1) is 11.6. The Labute approximate surface area is 125 Å². The highest BCUT2D eigenvalue weighted by Gasteiger charge is 2.05. The molecule has 1 unspecified atom stereocenters. The Balaban J connectivity index is 0.000000896. The van der Waals surface area contributed by atoms with Crippen molar-refractivity contribution in [2.24, 2.45) is 0 Å². The largest absolute Gasteiger partial charge is 0.491 e. The molecule has 0 amide bonds. The van der Waals surface area contributed by atoms with E-state index >= 15 is 0 Å². The van der Waals surface area contributed by atoms with Gasteiger partial charge in [0.15, 0.2) is 0 Å². The molecule has 0 radical (unpaired) electrons. The molecule has 7 nitrogen and oxygen atoms in total. The molecule has 0 aliphatic carbocycles. The summed E-state index contributed by atoms with van der Waals surface area (Å²) in [5.74, 6) is -3.50. The molecule has 4 N–H and O–H groups in total. The molecule has 0 aromatic heterocycles. The molecule has 0 heterocycles. The highest BCUT2D eigenvalue weighted by atomic mass is 16.5. The van der Waals surface area contributed by atoms with Gasteiger partial charge in [-0.3, -0.25) is 0 Å². The first-order valence-corrected chi connectivity index (χ1v) is 5.23. The second kappa shape index (κ2) is 8.89. The molecule has 0 fully saturated rings. The number of nitrogens with one attached hydrogen (secondary N) is 1. The Morgan fingerprint density at radius 2 is 1.90 bits per heavy atom. The van der Waals surface area contributed by atoms with E-state index in [2.05, 4.69) is 0 Å². The van der Waals surface area contributed by atoms with E-state index < -0.39 is 31.4 Å². The molecule has 1 aromatic rings. The van der Waals surface area contributed by atoms with Crippen LogP contribution in [0.1, 0.15) is 26.2 Å². The minimum Gasteiger partial charge on any atom is -0.491 e. The van der Waals surface area contributed by atoms with Crippen LogP contribution < -0.4 is 10.2 Å². The Bertz CT molecular complexity index is 633. The van der Waals surface area contributed by atoms with E-state index in [0.717, 1.165) is 0 Å².